The minimum atomic E-state index is -0.824. The molecule has 2 rings (SSSR count). The first-order chi connectivity index (χ1) is 9.52. The summed E-state index contributed by atoms with van der Waals surface area (Å²) in [4.78, 5) is 25.2. The molecule has 0 unspecified atom stereocenters. The van der Waals surface area contributed by atoms with Gasteiger partial charge in [-0.25, -0.2) is 4.79 Å². The molecule has 0 bridgehead atoms. The van der Waals surface area contributed by atoms with E-state index in [0.29, 0.717) is 23.7 Å². The lowest BCUT2D eigenvalue weighted by Crippen LogP contribution is -2.24. The van der Waals surface area contributed by atoms with Crippen molar-refractivity contribution in [2.45, 2.75) is 25.9 Å². The van der Waals surface area contributed by atoms with Gasteiger partial charge in [0.05, 0.1) is 16.3 Å². The molecule has 5 nitrogen and oxygen atoms in total. The molecule has 1 aliphatic heterocycles. The number of amides is 1. The van der Waals surface area contributed by atoms with Crippen molar-refractivity contribution in [2.24, 2.45) is 0 Å². The van der Waals surface area contributed by atoms with Gasteiger partial charge in [-0.1, -0.05) is 11.6 Å². The van der Waals surface area contributed by atoms with Crippen molar-refractivity contribution in [1.29, 1.82) is 5.26 Å². The van der Waals surface area contributed by atoms with Crippen LogP contribution in [0.25, 0.3) is 0 Å². The van der Waals surface area contributed by atoms with Crippen molar-refractivity contribution < 1.29 is 14.3 Å². The number of esters is 1. The second-order valence-corrected chi connectivity index (χ2v) is 4.90. The van der Waals surface area contributed by atoms with Gasteiger partial charge < -0.3 is 9.64 Å². The van der Waals surface area contributed by atoms with Gasteiger partial charge in [-0.05, 0) is 31.5 Å². The highest BCUT2D eigenvalue weighted by atomic mass is 35.5. The van der Waals surface area contributed by atoms with Gasteiger partial charge in [0.25, 0.3) is 0 Å². The quantitative estimate of drug-likeness (QED) is 0.803. The third-order valence-electron chi connectivity index (χ3n) is 3.01. The van der Waals surface area contributed by atoms with Gasteiger partial charge >= 0.3 is 5.97 Å². The van der Waals surface area contributed by atoms with E-state index in [1.807, 2.05) is 6.07 Å². The van der Waals surface area contributed by atoms with Crippen LogP contribution in [-0.2, 0) is 9.53 Å². The Morgan fingerprint density at radius 1 is 1.55 bits per heavy atom. The normalized spacial score (nSPS) is 15.8. The minimum Gasteiger partial charge on any atom is -0.444 e. The van der Waals surface area contributed by atoms with Gasteiger partial charge in [0, 0.05) is 13.0 Å². The van der Waals surface area contributed by atoms with Crippen molar-refractivity contribution >= 4 is 29.2 Å². The highest BCUT2D eigenvalue weighted by molar-refractivity contribution is 6.34. The maximum Gasteiger partial charge on any atom is 0.339 e. The van der Waals surface area contributed by atoms with E-state index in [9.17, 15) is 9.59 Å². The first kappa shape index (κ1) is 14.4. The van der Waals surface area contributed by atoms with E-state index in [0.717, 1.165) is 6.42 Å². The molecule has 1 atom stereocenters. The second kappa shape index (κ2) is 5.93. The Hall–Kier alpha value is -2.06. The number of carbonyl (C=O) groups excluding carboxylic acids is 2. The van der Waals surface area contributed by atoms with Crippen LogP contribution >= 0.6 is 11.6 Å². The third kappa shape index (κ3) is 2.91. The molecule has 0 spiro atoms. The number of anilines is 1. The van der Waals surface area contributed by atoms with Crippen molar-refractivity contribution in [1.82, 2.24) is 0 Å². The Morgan fingerprint density at radius 2 is 2.30 bits per heavy atom. The van der Waals surface area contributed by atoms with Crippen LogP contribution in [0.15, 0.2) is 18.2 Å². The molecule has 1 aliphatic rings. The molecule has 0 aliphatic carbocycles. The molecule has 1 aromatic rings. The molecule has 1 saturated heterocycles. The predicted molar refractivity (Wildman–Crippen MR) is 73.5 cm³/mol. The summed E-state index contributed by atoms with van der Waals surface area (Å²) >= 11 is 6.08. The lowest BCUT2D eigenvalue weighted by molar-refractivity contribution is -0.117. The van der Waals surface area contributed by atoms with Crippen LogP contribution in [0.1, 0.15) is 30.1 Å². The van der Waals surface area contributed by atoms with E-state index in [1.165, 1.54) is 19.1 Å². The number of nitriles is 1. The number of ether oxygens (including phenoxy) is 1. The Morgan fingerprint density at radius 3 is 2.90 bits per heavy atom. The monoisotopic (exact) mass is 292 g/mol. The second-order valence-electron chi connectivity index (χ2n) is 4.49. The van der Waals surface area contributed by atoms with Crippen molar-refractivity contribution in [2.75, 3.05) is 11.4 Å². The van der Waals surface area contributed by atoms with E-state index in [2.05, 4.69) is 0 Å². The lowest BCUT2D eigenvalue weighted by atomic mass is 10.2. The highest BCUT2D eigenvalue weighted by Gasteiger charge is 2.24. The number of halogens is 1. The summed E-state index contributed by atoms with van der Waals surface area (Å²) < 4.78 is 4.92. The molecule has 0 N–H and O–H groups in total. The van der Waals surface area contributed by atoms with Gasteiger partial charge in [-0.3, -0.25) is 4.79 Å². The Kier molecular flexibility index (Phi) is 4.26. The largest absolute Gasteiger partial charge is 0.444 e. The molecular formula is C14H13ClN2O3. The topological polar surface area (TPSA) is 70.4 Å². The van der Waals surface area contributed by atoms with Gasteiger partial charge in [-0.15, -0.1) is 0 Å². The van der Waals surface area contributed by atoms with Crippen LogP contribution in [0.2, 0.25) is 5.02 Å². The van der Waals surface area contributed by atoms with E-state index in [-0.39, 0.29) is 11.5 Å². The number of hydrogen-bond acceptors (Lipinski definition) is 4. The van der Waals surface area contributed by atoms with E-state index < -0.39 is 12.1 Å². The molecule has 20 heavy (non-hydrogen) atoms. The highest BCUT2D eigenvalue weighted by Crippen LogP contribution is 2.30. The Bertz CT molecular complexity index is 595. The maximum atomic E-state index is 11.9. The zero-order chi connectivity index (χ0) is 14.7. The van der Waals surface area contributed by atoms with Crippen LogP contribution < -0.4 is 4.90 Å². The molecule has 104 valence electrons. The van der Waals surface area contributed by atoms with Crippen LogP contribution in [-0.4, -0.2) is 24.5 Å². The van der Waals surface area contributed by atoms with Crippen molar-refractivity contribution in [3.05, 3.63) is 28.8 Å². The minimum absolute atomic E-state index is 0.0113. The van der Waals surface area contributed by atoms with Crippen LogP contribution in [0.5, 0.6) is 0 Å². The van der Waals surface area contributed by atoms with Crippen LogP contribution in [0, 0.1) is 11.3 Å². The Labute approximate surface area is 121 Å². The summed E-state index contributed by atoms with van der Waals surface area (Å²) in [6, 6.07) is 6.41. The zero-order valence-corrected chi connectivity index (χ0v) is 11.7. The first-order valence-corrected chi connectivity index (χ1v) is 6.61. The number of benzene rings is 1. The third-order valence-corrected chi connectivity index (χ3v) is 3.33. The fourth-order valence-corrected chi connectivity index (χ4v) is 2.22. The van der Waals surface area contributed by atoms with E-state index >= 15 is 0 Å². The molecule has 0 aromatic heterocycles. The number of rotatable bonds is 3. The average molecular weight is 293 g/mol. The number of carbonyl (C=O) groups is 2. The van der Waals surface area contributed by atoms with Crippen molar-refractivity contribution in [3.8, 4) is 6.07 Å². The summed E-state index contributed by atoms with van der Waals surface area (Å²) in [5.74, 6) is -0.619. The summed E-state index contributed by atoms with van der Waals surface area (Å²) in [5.41, 5.74) is 0.777. The molecule has 1 amide bonds. The fraction of sp³-hybridized carbons (Fsp3) is 0.357. The summed E-state index contributed by atoms with van der Waals surface area (Å²) in [6.07, 6.45) is 0.432. The first-order valence-electron chi connectivity index (χ1n) is 6.23. The van der Waals surface area contributed by atoms with Gasteiger partial charge in [0.1, 0.15) is 6.07 Å². The van der Waals surface area contributed by atoms with E-state index in [4.69, 9.17) is 21.6 Å². The average Bonchev–Trinajstić information content (AvgIpc) is 2.85. The number of hydrogen-bond donors (Lipinski definition) is 0. The molecular weight excluding hydrogens is 280 g/mol. The Balaban J connectivity index is 2.27. The van der Waals surface area contributed by atoms with E-state index in [1.54, 1.807) is 11.0 Å². The summed E-state index contributed by atoms with van der Waals surface area (Å²) in [7, 11) is 0. The van der Waals surface area contributed by atoms with Crippen molar-refractivity contribution in [3.63, 3.8) is 0 Å². The number of nitrogens with zero attached hydrogens (tertiary/aromatic N) is 2. The van der Waals surface area contributed by atoms with Crippen LogP contribution in [0.3, 0.4) is 0 Å². The lowest BCUT2D eigenvalue weighted by Gasteiger charge is -2.18. The predicted octanol–water partition coefficient (Wildman–Crippen LogP) is 2.54. The molecule has 1 heterocycles. The molecule has 6 heteroatoms. The molecule has 1 fully saturated rings. The van der Waals surface area contributed by atoms with Gasteiger partial charge in [0.15, 0.2) is 6.10 Å². The maximum absolute atomic E-state index is 11.9. The standard InChI is InChI=1S/C14H13ClN2O3/c1-9(8-16)20-14(19)10-4-5-11(15)12(7-10)17-6-2-3-13(17)18/h4-5,7,9H,2-3,6H2,1H3/t9-/m0/s1. The van der Waals surface area contributed by atoms with Gasteiger partial charge in [-0.2, -0.15) is 5.26 Å². The smallest absolute Gasteiger partial charge is 0.339 e. The SMILES string of the molecule is C[C@@H](C#N)OC(=O)c1ccc(Cl)c(N2CCCC2=O)c1. The summed E-state index contributed by atoms with van der Waals surface area (Å²) in [5, 5.41) is 9.04. The molecule has 0 saturated carbocycles. The summed E-state index contributed by atoms with van der Waals surface area (Å²) in [6.45, 7) is 2.07. The zero-order valence-electron chi connectivity index (χ0n) is 10.9. The van der Waals surface area contributed by atoms with Crippen LogP contribution in [0.4, 0.5) is 5.69 Å². The fourth-order valence-electron chi connectivity index (χ4n) is 2.00. The molecule has 1 aromatic carbocycles. The molecule has 0 radical (unpaired) electrons. The van der Waals surface area contributed by atoms with Gasteiger partial charge in [0.2, 0.25) is 5.91 Å².